The number of halogens is 4. The van der Waals surface area contributed by atoms with E-state index in [1.54, 1.807) is 85.4 Å². The Morgan fingerprint density at radius 3 is 2.04 bits per heavy atom. The van der Waals surface area contributed by atoms with Crippen LogP contribution in [0.4, 0.5) is 17.6 Å². The molecular formula is C36H34F4N6O3S. The van der Waals surface area contributed by atoms with Crippen molar-refractivity contribution in [1.82, 2.24) is 29.1 Å². The molecule has 0 aliphatic rings. The van der Waals surface area contributed by atoms with Gasteiger partial charge in [-0.25, -0.2) is 4.39 Å². The highest BCUT2D eigenvalue weighted by atomic mass is 32.2. The molecule has 5 aromatic rings. The highest BCUT2D eigenvalue weighted by Gasteiger charge is 2.30. The van der Waals surface area contributed by atoms with E-state index in [1.165, 1.54) is 45.8 Å². The monoisotopic (exact) mass is 706 g/mol. The number of hydrogen-bond donors (Lipinski definition) is 0. The van der Waals surface area contributed by atoms with Gasteiger partial charge in [-0.1, -0.05) is 60.3 Å². The predicted molar refractivity (Wildman–Crippen MR) is 181 cm³/mol. The third kappa shape index (κ3) is 9.47. The SMILES string of the molecule is CN(C)C(=O)CN(Cc1ccc(-c2ccc(C(F)(F)F)cc2)cc1)C(=O)Cn1cc(Cc2cnn(C)c2)c(=O)nc1SCc1ccc(F)cc1. The van der Waals surface area contributed by atoms with Crippen LogP contribution in [0.5, 0.6) is 0 Å². The quantitative estimate of drug-likeness (QED) is 0.0926. The average molecular weight is 707 g/mol. The van der Waals surface area contributed by atoms with Crippen molar-refractivity contribution in [2.45, 2.75) is 36.6 Å². The van der Waals surface area contributed by atoms with E-state index < -0.39 is 23.2 Å². The summed E-state index contributed by atoms with van der Waals surface area (Å²) in [6, 6.07) is 17.8. The topological polar surface area (TPSA) is 93.3 Å². The highest BCUT2D eigenvalue weighted by Crippen LogP contribution is 2.31. The van der Waals surface area contributed by atoms with Gasteiger partial charge < -0.3 is 14.4 Å². The molecule has 0 unspecified atom stereocenters. The first-order valence-electron chi connectivity index (χ1n) is 15.4. The van der Waals surface area contributed by atoms with Gasteiger partial charge in [0.25, 0.3) is 5.56 Å². The van der Waals surface area contributed by atoms with Gasteiger partial charge >= 0.3 is 6.18 Å². The van der Waals surface area contributed by atoms with Gasteiger partial charge in [0, 0.05) is 57.8 Å². The molecule has 0 bridgehead atoms. The molecule has 50 heavy (non-hydrogen) atoms. The van der Waals surface area contributed by atoms with Crippen molar-refractivity contribution in [3.05, 3.63) is 135 Å². The minimum Gasteiger partial charge on any atom is -0.347 e. The summed E-state index contributed by atoms with van der Waals surface area (Å²) in [5.74, 6) is -0.730. The van der Waals surface area contributed by atoms with E-state index in [0.29, 0.717) is 28.0 Å². The number of hydrogen-bond acceptors (Lipinski definition) is 6. The van der Waals surface area contributed by atoms with Gasteiger partial charge in [0.05, 0.1) is 11.8 Å². The second-order valence-corrected chi connectivity index (χ2v) is 12.8. The second-order valence-electron chi connectivity index (χ2n) is 11.9. The van der Waals surface area contributed by atoms with Crippen molar-refractivity contribution in [3.8, 4) is 11.1 Å². The molecule has 0 saturated heterocycles. The average Bonchev–Trinajstić information content (AvgIpc) is 3.49. The van der Waals surface area contributed by atoms with Crippen LogP contribution in [0.3, 0.4) is 0 Å². The zero-order valence-electron chi connectivity index (χ0n) is 27.5. The minimum atomic E-state index is -4.43. The molecule has 0 saturated carbocycles. The molecule has 9 nitrogen and oxygen atoms in total. The van der Waals surface area contributed by atoms with Gasteiger partial charge in [0.2, 0.25) is 11.8 Å². The molecule has 0 radical (unpaired) electrons. The summed E-state index contributed by atoms with van der Waals surface area (Å²) in [6.07, 6.45) is 0.826. The number of rotatable bonds is 12. The molecule has 5 rings (SSSR count). The first kappa shape index (κ1) is 36.1. The van der Waals surface area contributed by atoms with E-state index >= 15 is 0 Å². The molecule has 2 heterocycles. The Morgan fingerprint density at radius 2 is 1.46 bits per heavy atom. The van der Waals surface area contributed by atoms with E-state index in [9.17, 15) is 31.9 Å². The summed E-state index contributed by atoms with van der Waals surface area (Å²) >= 11 is 1.22. The van der Waals surface area contributed by atoms with Gasteiger partial charge in [0.1, 0.15) is 18.9 Å². The van der Waals surface area contributed by atoms with Gasteiger partial charge in [-0.2, -0.15) is 23.3 Å². The number of carbonyl (C=O) groups excluding carboxylic acids is 2. The predicted octanol–water partition coefficient (Wildman–Crippen LogP) is 5.80. The third-order valence-corrected chi connectivity index (χ3v) is 8.88. The van der Waals surface area contributed by atoms with E-state index in [4.69, 9.17) is 0 Å². The molecule has 260 valence electrons. The maximum Gasteiger partial charge on any atom is 0.416 e. The lowest BCUT2D eigenvalue weighted by Crippen LogP contribution is -2.41. The Labute approximate surface area is 290 Å². The Balaban J connectivity index is 1.40. The Kier molecular flexibility index (Phi) is 11.2. The van der Waals surface area contributed by atoms with Crippen molar-refractivity contribution in [2.75, 3.05) is 20.6 Å². The summed E-state index contributed by atoms with van der Waals surface area (Å²) in [4.78, 5) is 47.0. The zero-order valence-corrected chi connectivity index (χ0v) is 28.3. The van der Waals surface area contributed by atoms with Crippen molar-refractivity contribution in [1.29, 1.82) is 0 Å². The number of likely N-dealkylation sites (N-methyl/N-ethyl adjacent to an activating group) is 1. The molecule has 0 atom stereocenters. The van der Waals surface area contributed by atoms with E-state index in [-0.39, 0.29) is 42.9 Å². The largest absolute Gasteiger partial charge is 0.416 e. The summed E-state index contributed by atoms with van der Waals surface area (Å²) in [5.41, 5.74) is 2.72. The fraction of sp³-hybridized carbons (Fsp3) is 0.250. The lowest BCUT2D eigenvalue weighted by molar-refractivity contribution is -0.140. The summed E-state index contributed by atoms with van der Waals surface area (Å²) < 4.78 is 55.7. The molecule has 0 fully saturated rings. The lowest BCUT2D eigenvalue weighted by atomic mass is 10.0. The number of thioether (sulfide) groups is 1. The summed E-state index contributed by atoms with van der Waals surface area (Å²) in [7, 11) is 4.94. The van der Waals surface area contributed by atoms with Crippen LogP contribution < -0.4 is 5.56 Å². The molecule has 0 aliphatic carbocycles. The van der Waals surface area contributed by atoms with Gasteiger partial charge in [-0.3, -0.25) is 19.1 Å². The normalized spacial score (nSPS) is 11.4. The molecule has 2 aromatic heterocycles. The second kappa shape index (κ2) is 15.5. The number of amides is 2. The van der Waals surface area contributed by atoms with Gasteiger partial charge in [-0.05, 0) is 52.1 Å². The van der Waals surface area contributed by atoms with Gasteiger partial charge in [-0.15, -0.1) is 0 Å². The van der Waals surface area contributed by atoms with Crippen LogP contribution in [-0.2, 0) is 48.1 Å². The van der Waals surface area contributed by atoms with Crippen molar-refractivity contribution in [3.63, 3.8) is 0 Å². The number of aromatic nitrogens is 4. The van der Waals surface area contributed by atoms with E-state index in [2.05, 4.69) is 10.1 Å². The van der Waals surface area contributed by atoms with Crippen LogP contribution in [0.15, 0.2) is 101 Å². The number of nitrogens with zero attached hydrogens (tertiary/aromatic N) is 6. The first-order chi connectivity index (χ1) is 23.7. The number of aryl methyl sites for hydroxylation is 1. The zero-order chi connectivity index (χ0) is 36.0. The number of alkyl halides is 3. The van der Waals surface area contributed by atoms with Crippen LogP contribution >= 0.6 is 11.8 Å². The van der Waals surface area contributed by atoms with E-state index in [0.717, 1.165) is 23.3 Å². The number of carbonyl (C=O) groups is 2. The molecule has 2 amide bonds. The maximum absolute atomic E-state index is 14.0. The summed E-state index contributed by atoms with van der Waals surface area (Å²) in [5, 5.41) is 4.44. The molecule has 0 spiro atoms. The van der Waals surface area contributed by atoms with Crippen LogP contribution in [0, 0.1) is 5.82 Å². The molecule has 0 N–H and O–H groups in total. The fourth-order valence-corrected chi connectivity index (χ4v) is 5.96. The number of benzene rings is 3. The maximum atomic E-state index is 14.0. The molecular weight excluding hydrogens is 672 g/mol. The standard InChI is InChI=1S/C36H34F4N6O3S/c1-43(2)32(47)21-45(19-24-4-8-27(9-5-24)28-10-12-30(13-11-28)36(38,39)40)33(48)22-46-20-29(16-26-17-41-44(3)18-26)34(49)42-35(46)50-23-25-6-14-31(37)15-7-25/h4-15,17-18,20H,16,19,21-23H2,1-3H3. The molecule has 3 aromatic carbocycles. The Hall–Kier alpha value is -5.24. The molecule has 14 heteroatoms. The Morgan fingerprint density at radius 1 is 0.840 bits per heavy atom. The highest BCUT2D eigenvalue weighted by molar-refractivity contribution is 7.98. The van der Waals surface area contributed by atoms with Crippen LogP contribution in [0.1, 0.15) is 27.8 Å². The summed E-state index contributed by atoms with van der Waals surface area (Å²) in [6.45, 7) is -0.385. The van der Waals surface area contributed by atoms with Crippen molar-refractivity contribution < 1.29 is 27.2 Å². The smallest absolute Gasteiger partial charge is 0.347 e. The van der Waals surface area contributed by atoms with Crippen LogP contribution in [-0.4, -0.2) is 61.6 Å². The van der Waals surface area contributed by atoms with Crippen molar-refractivity contribution in [2.24, 2.45) is 7.05 Å². The lowest BCUT2D eigenvalue weighted by Gasteiger charge is -2.25. The Bertz CT molecular complexity index is 2010. The molecule has 0 aliphatic heterocycles. The van der Waals surface area contributed by atoms with Crippen LogP contribution in [0.25, 0.3) is 11.1 Å². The van der Waals surface area contributed by atoms with Gasteiger partial charge in [0.15, 0.2) is 5.16 Å². The first-order valence-corrected chi connectivity index (χ1v) is 16.4. The van der Waals surface area contributed by atoms with Crippen molar-refractivity contribution >= 4 is 23.6 Å². The van der Waals surface area contributed by atoms with E-state index in [1.807, 2.05) is 0 Å². The fourth-order valence-electron chi connectivity index (χ4n) is 5.04. The minimum absolute atomic E-state index is 0.0694. The third-order valence-electron chi connectivity index (χ3n) is 7.82. The van der Waals surface area contributed by atoms with Crippen LogP contribution in [0.2, 0.25) is 0 Å².